The van der Waals surface area contributed by atoms with E-state index in [0.717, 1.165) is 12.0 Å². The van der Waals surface area contributed by atoms with Gasteiger partial charge < -0.3 is 15.7 Å². The Morgan fingerprint density at radius 3 is 2.38 bits per heavy atom. The smallest absolute Gasteiger partial charge is 0.315 e. The van der Waals surface area contributed by atoms with Gasteiger partial charge in [-0.1, -0.05) is 43.7 Å². The van der Waals surface area contributed by atoms with Crippen LogP contribution < -0.4 is 10.6 Å². The molecule has 118 valence electrons. The van der Waals surface area contributed by atoms with Gasteiger partial charge in [-0.05, 0) is 38.2 Å². The Labute approximate surface area is 128 Å². The van der Waals surface area contributed by atoms with E-state index in [1.54, 1.807) is 6.92 Å². The quantitative estimate of drug-likeness (QED) is 0.723. The number of hydrogen-bond acceptors (Lipinski definition) is 2. The van der Waals surface area contributed by atoms with Crippen molar-refractivity contribution in [2.24, 2.45) is 5.92 Å². The number of rotatable bonds is 7. The highest BCUT2D eigenvalue weighted by molar-refractivity contribution is 5.74. The van der Waals surface area contributed by atoms with Crippen molar-refractivity contribution in [1.82, 2.24) is 10.6 Å². The van der Waals surface area contributed by atoms with Gasteiger partial charge in [0.15, 0.2) is 0 Å². The third kappa shape index (κ3) is 6.63. The SMILES string of the molecule is CCC(NC(=O)NCC(C)CC(C)O)c1ccc(C)cc1. The van der Waals surface area contributed by atoms with Gasteiger partial charge in [0.2, 0.25) is 0 Å². The first-order valence-corrected chi connectivity index (χ1v) is 7.71. The molecule has 0 saturated carbocycles. The average Bonchev–Trinajstić information content (AvgIpc) is 2.43. The second kappa shape index (κ2) is 8.67. The summed E-state index contributed by atoms with van der Waals surface area (Å²) in [6, 6.07) is 8.10. The van der Waals surface area contributed by atoms with E-state index in [0.29, 0.717) is 13.0 Å². The van der Waals surface area contributed by atoms with Crippen molar-refractivity contribution in [1.29, 1.82) is 0 Å². The first-order chi connectivity index (χ1) is 9.92. The largest absolute Gasteiger partial charge is 0.393 e. The molecule has 4 nitrogen and oxygen atoms in total. The number of hydrogen-bond donors (Lipinski definition) is 3. The molecule has 0 aliphatic heterocycles. The fourth-order valence-corrected chi connectivity index (χ4v) is 2.36. The first kappa shape index (κ1) is 17.5. The minimum absolute atomic E-state index is 0.0256. The van der Waals surface area contributed by atoms with Gasteiger partial charge in [-0.25, -0.2) is 4.79 Å². The number of amides is 2. The average molecular weight is 292 g/mol. The lowest BCUT2D eigenvalue weighted by Gasteiger charge is -2.20. The van der Waals surface area contributed by atoms with Crippen LogP contribution in [-0.4, -0.2) is 23.8 Å². The number of benzene rings is 1. The van der Waals surface area contributed by atoms with Crippen LogP contribution in [-0.2, 0) is 0 Å². The number of urea groups is 1. The van der Waals surface area contributed by atoms with Crippen molar-refractivity contribution in [3.63, 3.8) is 0 Å². The van der Waals surface area contributed by atoms with E-state index in [1.165, 1.54) is 5.56 Å². The van der Waals surface area contributed by atoms with E-state index in [-0.39, 0.29) is 24.1 Å². The summed E-state index contributed by atoms with van der Waals surface area (Å²) in [6.07, 6.45) is 1.20. The second-order valence-electron chi connectivity index (χ2n) is 5.92. The highest BCUT2D eigenvalue weighted by atomic mass is 16.3. The number of aliphatic hydroxyl groups excluding tert-OH is 1. The summed E-state index contributed by atoms with van der Waals surface area (Å²) < 4.78 is 0. The molecule has 21 heavy (non-hydrogen) atoms. The highest BCUT2D eigenvalue weighted by Gasteiger charge is 2.13. The lowest BCUT2D eigenvalue weighted by Crippen LogP contribution is -2.40. The summed E-state index contributed by atoms with van der Waals surface area (Å²) in [5.74, 6) is 0.259. The zero-order chi connectivity index (χ0) is 15.8. The van der Waals surface area contributed by atoms with Crippen LogP contribution >= 0.6 is 0 Å². The molecule has 0 saturated heterocycles. The Bertz CT molecular complexity index is 429. The van der Waals surface area contributed by atoms with Crippen molar-refractivity contribution < 1.29 is 9.90 Å². The van der Waals surface area contributed by atoms with Crippen molar-refractivity contribution in [2.45, 2.75) is 52.7 Å². The summed E-state index contributed by atoms with van der Waals surface area (Å²) >= 11 is 0. The topological polar surface area (TPSA) is 61.4 Å². The van der Waals surface area contributed by atoms with Gasteiger partial charge in [0.25, 0.3) is 0 Å². The van der Waals surface area contributed by atoms with Crippen LogP contribution in [0, 0.1) is 12.8 Å². The van der Waals surface area contributed by atoms with E-state index >= 15 is 0 Å². The monoisotopic (exact) mass is 292 g/mol. The molecular weight excluding hydrogens is 264 g/mol. The summed E-state index contributed by atoms with van der Waals surface area (Å²) in [6.45, 7) is 8.46. The van der Waals surface area contributed by atoms with Gasteiger partial charge in [0, 0.05) is 6.54 Å². The zero-order valence-corrected chi connectivity index (χ0v) is 13.5. The Balaban J connectivity index is 2.46. The van der Waals surface area contributed by atoms with Gasteiger partial charge in [-0.3, -0.25) is 0 Å². The molecule has 3 atom stereocenters. The summed E-state index contributed by atoms with van der Waals surface area (Å²) in [4.78, 5) is 12.0. The van der Waals surface area contributed by atoms with Crippen LogP contribution in [0.2, 0.25) is 0 Å². The predicted octanol–water partition coefficient (Wildman–Crippen LogP) is 3.15. The fraction of sp³-hybridized carbons (Fsp3) is 0.588. The van der Waals surface area contributed by atoms with Crippen LogP contribution in [0.1, 0.15) is 50.8 Å². The standard InChI is InChI=1S/C17H28N2O2/c1-5-16(15-8-6-12(2)7-9-15)19-17(21)18-11-13(3)10-14(4)20/h6-9,13-14,16,20H,5,10-11H2,1-4H3,(H2,18,19,21). The number of carbonyl (C=O) groups excluding carboxylic acids is 1. The summed E-state index contributed by atoms with van der Waals surface area (Å²) in [7, 11) is 0. The third-order valence-corrected chi connectivity index (χ3v) is 3.55. The molecule has 2 amide bonds. The summed E-state index contributed by atoms with van der Waals surface area (Å²) in [5, 5.41) is 15.2. The fourth-order valence-electron chi connectivity index (χ4n) is 2.36. The molecule has 0 aliphatic rings. The predicted molar refractivity (Wildman–Crippen MR) is 86.2 cm³/mol. The molecule has 0 aliphatic carbocycles. The van der Waals surface area contributed by atoms with Gasteiger partial charge in [-0.2, -0.15) is 0 Å². The van der Waals surface area contributed by atoms with E-state index in [4.69, 9.17) is 0 Å². The Hall–Kier alpha value is -1.55. The number of nitrogens with one attached hydrogen (secondary N) is 2. The highest BCUT2D eigenvalue weighted by Crippen LogP contribution is 2.16. The Morgan fingerprint density at radius 2 is 1.86 bits per heavy atom. The van der Waals surface area contributed by atoms with Gasteiger partial charge in [-0.15, -0.1) is 0 Å². The molecule has 3 N–H and O–H groups in total. The summed E-state index contributed by atoms with van der Waals surface area (Å²) in [5.41, 5.74) is 2.33. The second-order valence-corrected chi connectivity index (χ2v) is 5.92. The molecule has 3 unspecified atom stereocenters. The Kier molecular flexibility index (Phi) is 7.23. The molecule has 0 bridgehead atoms. The molecule has 1 aromatic carbocycles. The van der Waals surface area contributed by atoms with E-state index in [1.807, 2.05) is 6.92 Å². The molecule has 0 fully saturated rings. The van der Waals surface area contributed by atoms with E-state index in [9.17, 15) is 9.90 Å². The maximum Gasteiger partial charge on any atom is 0.315 e. The normalized spacial score (nSPS) is 15.1. The maximum atomic E-state index is 12.0. The van der Waals surface area contributed by atoms with Gasteiger partial charge >= 0.3 is 6.03 Å². The molecule has 0 spiro atoms. The van der Waals surface area contributed by atoms with Crippen LogP contribution in [0.15, 0.2) is 24.3 Å². The Morgan fingerprint density at radius 1 is 1.24 bits per heavy atom. The molecule has 0 radical (unpaired) electrons. The van der Waals surface area contributed by atoms with E-state index in [2.05, 4.69) is 48.7 Å². The van der Waals surface area contributed by atoms with Gasteiger partial charge in [0.1, 0.15) is 0 Å². The van der Waals surface area contributed by atoms with Crippen molar-refractivity contribution in [2.75, 3.05) is 6.54 Å². The molecule has 1 aromatic rings. The lowest BCUT2D eigenvalue weighted by atomic mass is 10.0. The van der Waals surface area contributed by atoms with Crippen LogP contribution in [0.5, 0.6) is 0 Å². The zero-order valence-electron chi connectivity index (χ0n) is 13.5. The molecule has 4 heteroatoms. The number of carbonyl (C=O) groups is 1. The first-order valence-electron chi connectivity index (χ1n) is 7.71. The maximum absolute atomic E-state index is 12.0. The van der Waals surface area contributed by atoms with Crippen molar-refractivity contribution in [3.05, 3.63) is 35.4 Å². The van der Waals surface area contributed by atoms with E-state index < -0.39 is 0 Å². The van der Waals surface area contributed by atoms with Crippen molar-refractivity contribution in [3.8, 4) is 0 Å². The minimum Gasteiger partial charge on any atom is -0.393 e. The lowest BCUT2D eigenvalue weighted by molar-refractivity contribution is 0.163. The number of aliphatic hydroxyl groups is 1. The third-order valence-electron chi connectivity index (χ3n) is 3.55. The van der Waals surface area contributed by atoms with Crippen molar-refractivity contribution >= 4 is 6.03 Å². The molecule has 1 rings (SSSR count). The minimum atomic E-state index is -0.333. The van der Waals surface area contributed by atoms with Crippen LogP contribution in [0.3, 0.4) is 0 Å². The number of aryl methyl sites for hydroxylation is 1. The molecular formula is C17H28N2O2. The molecule has 0 heterocycles. The molecule has 0 aromatic heterocycles. The van der Waals surface area contributed by atoms with Crippen LogP contribution in [0.25, 0.3) is 0 Å². The van der Waals surface area contributed by atoms with Crippen LogP contribution in [0.4, 0.5) is 4.79 Å². The van der Waals surface area contributed by atoms with Gasteiger partial charge in [0.05, 0.1) is 12.1 Å².